The third-order valence-corrected chi connectivity index (χ3v) is 12.6. The molecule has 0 fully saturated rings. The molecule has 0 rings (SSSR count). The first kappa shape index (κ1) is 63.4. The third kappa shape index (κ3) is 52.3. The molecule has 6 nitrogen and oxygen atoms in total. The zero-order valence-corrected chi connectivity index (χ0v) is 44.0. The Morgan fingerprint density at radius 3 is 0.894 bits per heavy atom. The van der Waals surface area contributed by atoms with Gasteiger partial charge in [-0.2, -0.15) is 0 Å². The Labute approximate surface area is 409 Å². The van der Waals surface area contributed by atoms with Crippen molar-refractivity contribution in [3.05, 3.63) is 48.6 Å². The van der Waals surface area contributed by atoms with Crippen LogP contribution in [0, 0.1) is 0 Å². The second kappa shape index (κ2) is 55.0. The summed E-state index contributed by atoms with van der Waals surface area (Å²) in [7, 11) is 0. The van der Waals surface area contributed by atoms with E-state index in [1.165, 1.54) is 173 Å². The minimum Gasteiger partial charge on any atom is -0.462 e. The van der Waals surface area contributed by atoms with Gasteiger partial charge >= 0.3 is 17.9 Å². The maximum atomic E-state index is 12.8. The van der Waals surface area contributed by atoms with Crippen molar-refractivity contribution in [2.24, 2.45) is 0 Å². The van der Waals surface area contributed by atoms with Crippen LogP contribution >= 0.6 is 0 Å². The van der Waals surface area contributed by atoms with Crippen LogP contribution in [0.1, 0.15) is 297 Å². The molecule has 0 aromatic heterocycles. The number of esters is 3. The molecule has 0 saturated heterocycles. The van der Waals surface area contributed by atoms with Gasteiger partial charge in [-0.25, -0.2) is 0 Å². The summed E-state index contributed by atoms with van der Waals surface area (Å²) >= 11 is 0. The molecule has 0 aliphatic carbocycles. The lowest BCUT2D eigenvalue weighted by molar-refractivity contribution is -0.167. The summed E-state index contributed by atoms with van der Waals surface area (Å²) in [5.74, 6) is -0.886. The quantitative estimate of drug-likeness (QED) is 0.0262. The summed E-state index contributed by atoms with van der Waals surface area (Å²) < 4.78 is 16.8. The lowest BCUT2D eigenvalue weighted by Gasteiger charge is -2.18. The van der Waals surface area contributed by atoms with Gasteiger partial charge in [0, 0.05) is 19.3 Å². The topological polar surface area (TPSA) is 78.9 Å². The molecule has 6 heteroatoms. The van der Waals surface area contributed by atoms with Crippen molar-refractivity contribution in [2.75, 3.05) is 13.2 Å². The molecule has 1 atom stereocenters. The first-order valence-electron chi connectivity index (χ1n) is 28.6. The molecular weight excluding hydrogens is 817 g/mol. The van der Waals surface area contributed by atoms with Crippen LogP contribution in [0.15, 0.2) is 48.6 Å². The predicted molar refractivity (Wildman–Crippen MR) is 284 cm³/mol. The molecule has 0 aliphatic rings. The highest BCUT2D eigenvalue weighted by Crippen LogP contribution is 2.16. The van der Waals surface area contributed by atoms with E-state index in [-0.39, 0.29) is 31.1 Å². The summed E-state index contributed by atoms with van der Waals surface area (Å²) in [5, 5.41) is 0. The number of hydrogen-bond acceptors (Lipinski definition) is 6. The van der Waals surface area contributed by atoms with E-state index < -0.39 is 6.10 Å². The number of unbranched alkanes of at least 4 members (excludes halogenated alkanes) is 33. The second-order valence-electron chi connectivity index (χ2n) is 19.2. The fourth-order valence-electron chi connectivity index (χ4n) is 8.21. The fraction of sp³-hybridized carbons (Fsp3) is 0.817. The van der Waals surface area contributed by atoms with E-state index in [9.17, 15) is 14.4 Å². The van der Waals surface area contributed by atoms with E-state index in [1.54, 1.807) is 0 Å². The van der Waals surface area contributed by atoms with Crippen LogP contribution in [-0.2, 0) is 28.6 Å². The number of allylic oxidation sites excluding steroid dienone is 8. The first-order chi connectivity index (χ1) is 32.5. The largest absolute Gasteiger partial charge is 0.462 e. The van der Waals surface area contributed by atoms with Crippen LogP contribution in [-0.4, -0.2) is 37.2 Å². The van der Waals surface area contributed by atoms with Crippen molar-refractivity contribution in [2.45, 2.75) is 303 Å². The van der Waals surface area contributed by atoms with Gasteiger partial charge in [0.1, 0.15) is 13.2 Å². The van der Waals surface area contributed by atoms with Crippen LogP contribution in [0.5, 0.6) is 0 Å². The van der Waals surface area contributed by atoms with Gasteiger partial charge in [-0.15, -0.1) is 0 Å². The van der Waals surface area contributed by atoms with Crippen LogP contribution in [0.3, 0.4) is 0 Å². The SMILES string of the molecule is CCCCC/C=C\C/C=C\C/C=C\CCCCCCCCC(=O)OCC(COC(=O)CCCCCCC/C=C\CCCCC)OC(=O)CCCCCCCCCCCCCCCCCCC. The normalized spacial score (nSPS) is 12.3. The van der Waals surface area contributed by atoms with E-state index in [2.05, 4.69) is 69.4 Å². The van der Waals surface area contributed by atoms with Gasteiger partial charge < -0.3 is 14.2 Å². The zero-order valence-electron chi connectivity index (χ0n) is 44.0. The summed E-state index contributed by atoms with van der Waals surface area (Å²) in [4.78, 5) is 38.1. The molecule has 0 bridgehead atoms. The van der Waals surface area contributed by atoms with Crippen molar-refractivity contribution < 1.29 is 28.6 Å². The molecule has 384 valence electrons. The Balaban J connectivity index is 4.35. The number of ether oxygens (including phenoxy) is 3. The number of rotatable bonds is 52. The highest BCUT2D eigenvalue weighted by atomic mass is 16.6. The molecule has 1 unspecified atom stereocenters. The van der Waals surface area contributed by atoms with Gasteiger partial charge in [0.25, 0.3) is 0 Å². The smallest absolute Gasteiger partial charge is 0.306 e. The standard InChI is InChI=1S/C60H108O6/c1-4-7-10-13-16-19-22-25-27-29-30-32-33-35-38-41-44-47-50-53-59(62)65-56-57(55-64-58(61)52-49-46-43-40-37-24-21-18-15-12-9-6-3)66-60(63)54-51-48-45-42-39-36-34-31-28-26-23-20-17-14-11-8-5-2/h16,18-19,21,25,27,30,32,57H,4-15,17,20,22-24,26,28-29,31,33-56H2,1-3H3/b19-16-,21-18-,27-25-,32-30-. The molecular formula is C60H108O6. The third-order valence-electron chi connectivity index (χ3n) is 12.6. The van der Waals surface area contributed by atoms with Crippen LogP contribution in [0.4, 0.5) is 0 Å². The molecule has 0 radical (unpaired) electrons. The Kier molecular flexibility index (Phi) is 52.8. The van der Waals surface area contributed by atoms with Crippen molar-refractivity contribution in [1.82, 2.24) is 0 Å². The Hall–Kier alpha value is -2.63. The van der Waals surface area contributed by atoms with Crippen molar-refractivity contribution in [3.63, 3.8) is 0 Å². The molecule has 0 amide bonds. The van der Waals surface area contributed by atoms with E-state index in [1.807, 2.05) is 0 Å². The van der Waals surface area contributed by atoms with Gasteiger partial charge in [-0.3, -0.25) is 14.4 Å². The predicted octanol–water partition coefficient (Wildman–Crippen LogP) is 19.0. The fourth-order valence-corrected chi connectivity index (χ4v) is 8.21. The molecule has 0 aromatic rings. The Morgan fingerprint density at radius 1 is 0.303 bits per heavy atom. The van der Waals surface area contributed by atoms with Crippen molar-refractivity contribution >= 4 is 17.9 Å². The molecule has 0 spiro atoms. The van der Waals surface area contributed by atoms with Gasteiger partial charge in [-0.05, 0) is 83.5 Å². The lowest BCUT2D eigenvalue weighted by Crippen LogP contribution is -2.30. The molecule has 0 N–H and O–H groups in total. The minimum absolute atomic E-state index is 0.0791. The second-order valence-corrected chi connectivity index (χ2v) is 19.2. The zero-order chi connectivity index (χ0) is 47.9. The summed E-state index contributed by atoms with van der Waals surface area (Å²) in [6, 6.07) is 0. The van der Waals surface area contributed by atoms with Crippen molar-refractivity contribution in [3.8, 4) is 0 Å². The molecule has 0 saturated carbocycles. The Morgan fingerprint density at radius 2 is 0.545 bits per heavy atom. The maximum absolute atomic E-state index is 12.8. The van der Waals surface area contributed by atoms with Gasteiger partial charge in [-0.1, -0.05) is 243 Å². The van der Waals surface area contributed by atoms with E-state index >= 15 is 0 Å². The van der Waals surface area contributed by atoms with Gasteiger partial charge in [0.15, 0.2) is 6.10 Å². The van der Waals surface area contributed by atoms with Crippen LogP contribution < -0.4 is 0 Å². The number of hydrogen-bond donors (Lipinski definition) is 0. The molecule has 0 aromatic carbocycles. The highest BCUT2D eigenvalue weighted by molar-refractivity contribution is 5.71. The number of carbonyl (C=O) groups excluding carboxylic acids is 3. The van der Waals surface area contributed by atoms with E-state index in [0.717, 1.165) is 83.5 Å². The summed E-state index contributed by atoms with van der Waals surface area (Å²) in [6.07, 6.45) is 66.7. The van der Waals surface area contributed by atoms with Crippen LogP contribution in [0.2, 0.25) is 0 Å². The van der Waals surface area contributed by atoms with Crippen LogP contribution in [0.25, 0.3) is 0 Å². The average Bonchev–Trinajstić information content (AvgIpc) is 3.31. The summed E-state index contributed by atoms with van der Waals surface area (Å²) in [6.45, 7) is 6.60. The Bertz CT molecular complexity index is 1150. The summed E-state index contributed by atoms with van der Waals surface area (Å²) in [5.41, 5.74) is 0. The lowest BCUT2D eigenvalue weighted by atomic mass is 10.0. The van der Waals surface area contributed by atoms with Gasteiger partial charge in [0.05, 0.1) is 0 Å². The number of carbonyl (C=O) groups is 3. The average molecular weight is 926 g/mol. The minimum atomic E-state index is -0.779. The molecule has 66 heavy (non-hydrogen) atoms. The highest BCUT2D eigenvalue weighted by Gasteiger charge is 2.19. The van der Waals surface area contributed by atoms with E-state index in [4.69, 9.17) is 14.2 Å². The van der Waals surface area contributed by atoms with E-state index in [0.29, 0.717) is 19.3 Å². The molecule has 0 aliphatic heterocycles. The monoisotopic (exact) mass is 925 g/mol. The van der Waals surface area contributed by atoms with Gasteiger partial charge in [0.2, 0.25) is 0 Å². The molecule has 0 heterocycles. The first-order valence-corrected chi connectivity index (χ1v) is 28.6. The van der Waals surface area contributed by atoms with Crippen molar-refractivity contribution in [1.29, 1.82) is 0 Å². The maximum Gasteiger partial charge on any atom is 0.306 e.